The third-order valence-electron chi connectivity index (χ3n) is 4.61. The number of nitrogens with one attached hydrogen (secondary N) is 2. The Bertz CT molecular complexity index is 1400. The number of nitrogen functional groups attached to an aromatic ring is 1. The number of benzene rings is 3. The smallest absolute Gasteiger partial charge is 0.382 e. The number of nitrogens with two attached hydrogens (primary N) is 1. The van der Waals surface area contributed by atoms with E-state index in [1.54, 1.807) is 24.3 Å². The molecule has 0 saturated carbocycles. The minimum atomic E-state index is -4.63. The zero-order valence-corrected chi connectivity index (χ0v) is 17.0. The number of hydrogen-bond donors (Lipinski definition) is 3. The summed E-state index contributed by atoms with van der Waals surface area (Å²) in [6.07, 6.45) is -4.63. The van der Waals surface area contributed by atoms with E-state index in [4.69, 9.17) is 17.3 Å². The molecule has 4 aromatic rings. The van der Waals surface area contributed by atoms with Gasteiger partial charge >= 0.3 is 6.18 Å². The summed E-state index contributed by atoms with van der Waals surface area (Å²) in [5.74, 6) is 5.74. The van der Waals surface area contributed by atoms with Crippen LogP contribution in [0.1, 0.15) is 27.0 Å². The Kier molecular flexibility index (Phi) is 5.51. The number of carbonyl (C=O) groups excluding carboxylic acids is 1. The van der Waals surface area contributed by atoms with Gasteiger partial charge in [-0.25, -0.2) is 0 Å². The van der Waals surface area contributed by atoms with Crippen molar-refractivity contribution >= 4 is 39.9 Å². The van der Waals surface area contributed by atoms with E-state index in [9.17, 15) is 18.0 Å². The van der Waals surface area contributed by atoms with Crippen molar-refractivity contribution in [1.82, 2.24) is 10.2 Å². The molecule has 0 spiro atoms. The Hall–Kier alpha value is -3.96. The lowest BCUT2D eigenvalue weighted by molar-refractivity contribution is -0.137. The van der Waals surface area contributed by atoms with Gasteiger partial charge in [-0.1, -0.05) is 35.6 Å². The van der Waals surface area contributed by atoms with E-state index in [2.05, 4.69) is 27.4 Å². The maximum absolute atomic E-state index is 13.0. The van der Waals surface area contributed by atoms with Gasteiger partial charge in [-0.05, 0) is 48.5 Å². The number of amides is 1. The van der Waals surface area contributed by atoms with Crippen LogP contribution in [0.15, 0.2) is 60.7 Å². The highest BCUT2D eigenvalue weighted by atomic mass is 35.5. The molecule has 4 rings (SSSR count). The molecule has 0 aliphatic carbocycles. The summed E-state index contributed by atoms with van der Waals surface area (Å²) in [5, 5.41) is 9.50. The first kappa shape index (κ1) is 21.3. The molecule has 0 bridgehead atoms. The second kappa shape index (κ2) is 8.29. The third kappa shape index (κ3) is 4.38. The molecule has 32 heavy (non-hydrogen) atoms. The minimum absolute atomic E-state index is 0.0228. The van der Waals surface area contributed by atoms with Gasteiger partial charge in [0.2, 0.25) is 0 Å². The van der Waals surface area contributed by atoms with Gasteiger partial charge in [0.15, 0.2) is 5.82 Å². The molecule has 1 aromatic heterocycles. The first-order valence-electron chi connectivity index (χ1n) is 9.25. The number of halogens is 4. The number of aromatic nitrogens is 2. The van der Waals surface area contributed by atoms with E-state index in [0.29, 0.717) is 22.3 Å². The molecule has 0 aliphatic heterocycles. The molecule has 0 unspecified atom stereocenters. The van der Waals surface area contributed by atoms with E-state index in [-0.39, 0.29) is 11.3 Å². The van der Waals surface area contributed by atoms with Gasteiger partial charge in [-0.15, -0.1) is 0 Å². The van der Waals surface area contributed by atoms with E-state index >= 15 is 0 Å². The number of rotatable bonds is 2. The Labute approximate surface area is 185 Å². The van der Waals surface area contributed by atoms with Crippen LogP contribution in [-0.2, 0) is 6.18 Å². The lowest BCUT2D eigenvalue weighted by atomic mass is 10.1. The van der Waals surface area contributed by atoms with Crippen molar-refractivity contribution in [2.75, 3.05) is 11.1 Å². The normalized spacial score (nSPS) is 11.1. The number of alkyl halides is 3. The van der Waals surface area contributed by atoms with Crippen LogP contribution in [0, 0.1) is 11.8 Å². The highest BCUT2D eigenvalue weighted by molar-refractivity contribution is 6.31. The fourth-order valence-corrected chi connectivity index (χ4v) is 3.33. The number of hydrogen-bond acceptors (Lipinski definition) is 3. The van der Waals surface area contributed by atoms with Gasteiger partial charge in [0.25, 0.3) is 5.91 Å². The molecule has 0 aliphatic rings. The number of carbonyl (C=O) groups is 1. The van der Waals surface area contributed by atoms with Crippen LogP contribution in [0.3, 0.4) is 0 Å². The van der Waals surface area contributed by atoms with Crippen molar-refractivity contribution in [2.24, 2.45) is 0 Å². The molecule has 1 heterocycles. The average molecular weight is 455 g/mol. The van der Waals surface area contributed by atoms with E-state index in [0.717, 1.165) is 17.6 Å². The van der Waals surface area contributed by atoms with Crippen LogP contribution in [-0.4, -0.2) is 16.1 Å². The van der Waals surface area contributed by atoms with E-state index < -0.39 is 22.7 Å². The maximum Gasteiger partial charge on any atom is 0.417 e. The molecule has 5 nitrogen and oxygen atoms in total. The Balaban J connectivity index is 1.58. The fraction of sp³-hybridized carbons (Fsp3) is 0.0435. The molecule has 1 amide bonds. The number of anilines is 2. The van der Waals surface area contributed by atoms with Gasteiger partial charge in [0.1, 0.15) is 0 Å². The highest BCUT2D eigenvalue weighted by Crippen LogP contribution is 2.36. The molecule has 0 saturated heterocycles. The van der Waals surface area contributed by atoms with Crippen molar-refractivity contribution in [1.29, 1.82) is 0 Å². The van der Waals surface area contributed by atoms with E-state index in [1.807, 2.05) is 12.1 Å². The molecular weight excluding hydrogens is 441 g/mol. The predicted octanol–water partition coefficient (Wildman–Crippen LogP) is 5.47. The standard InChI is InChI=1S/C23H14ClF3N4O/c24-18-10-9-16(12-17(18)23(25,26)27)29-22(32)15-5-1-3-13(11-15)7-8-14-4-2-6-19-20(14)21(28)31-30-19/h1-6,9-12H,(H,29,32)(H3,28,30,31). The molecule has 4 N–H and O–H groups in total. The molecule has 0 fully saturated rings. The summed E-state index contributed by atoms with van der Waals surface area (Å²) in [6.45, 7) is 0. The van der Waals surface area contributed by atoms with Crippen LogP contribution in [0.2, 0.25) is 5.02 Å². The second-order valence-corrected chi connectivity index (χ2v) is 7.22. The molecular formula is C23H14ClF3N4O. The van der Waals surface area contributed by atoms with Crippen molar-refractivity contribution in [3.8, 4) is 11.8 Å². The largest absolute Gasteiger partial charge is 0.417 e. The summed E-state index contributed by atoms with van der Waals surface area (Å²) in [4.78, 5) is 12.6. The fourth-order valence-electron chi connectivity index (χ4n) is 3.10. The second-order valence-electron chi connectivity index (χ2n) is 6.81. The summed E-state index contributed by atoms with van der Waals surface area (Å²) in [7, 11) is 0. The summed E-state index contributed by atoms with van der Waals surface area (Å²) in [6, 6.07) is 15.1. The molecule has 0 radical (unpaired) electrons. The number of nitrogens with zero attached hydrogens (tertiary/aromatic N) is 1. The topological polar surface area (TPSA) is 83.8 Å². The van der Waals surface area contributed by atoms with E-state index in [1.165, 1.54) is 12.1 Å². The SMILES string of the molecule is Nc1n[nH]c2cccc(C#Cc3cccc(C(=O)Nc4ccc(Cl)c(C(F)(F)F)c4)c3)c12. The molecule has 0 atom stereocenters. The number of fused-ring (bicyclic) bond motifs is 1. The molecule has 160 valence electrons. The molecule has 9 heteroatoms. The third-order valence-corrected chi connectivity index (χ3v) is 4.94. The van der Waals surface area contributed by atoms with Gasteiger partial charge < -0.3 is 11.1 Å². The lowest BCUT2D eigenvalue weighted by Gasteiger charge is -2.12. The average Bonchev–Trinajstić information content (AvgIpc) is 3.14. The Morgan fingerprint density at radius 1 is 1.06 bits per heavy atom. The summed E-state index contributed by atoms with van der Waals surface area (Å²) in [5.41, 5.74) is 7.05. The van der Waals surface area contributed by atoms with Crippen molar-refractivity contribution in [3.05, 3.63) is 87.9 Å². The van der Waals surface area contributed by atoms with Gasteiger partial charge in [0, 0.05) is 22.4 Å². The summed E-state index contributed by atoms with van der Waals surface area (Å²) < 4.78 is 39.1. The monoisotopic (exact) mass is 454 g/mol. The van der Waals surface area contributed by atoms with Crippen molar-refractivity contribution < 1.29 is 18.0 Å². The zero-order chi connectivity index (χ0) is 22.9. The predicted molar refractivity (Wildman–Crippen MR) is 117 cm³/mol. The maximum atomic E-state index is 13.0. The highest BCUT2D eigenvalue weighted by Gasteiger charge is 2.33. The van der Waals surface area contributed by atoms with Crippen LogP contribution in [0.4, 0.5) is 24.7 Å². The molecule has 3 aromatic carbocycles. The Morgan fingerprint density at radius 3 is 2.62 bits per heavy atom. The zero-order valence-electron chi connectivity index (χ0n) is 16.2. The minimum Gasteiger partial charge on any atom is -0.382 e. The first-order chi connectivity index (χ1) is 15.2. The lowest BCUT2D eigenvalue weighted by Crippen LogP contribution is -2.13. The Morgan fingerprint density at radius 2 is 1.84 bits per heavy atom. The first-order valence-corrected chi connectivity index (χ1v) is 9.63. The van der Waals surface area contributed by atoms with Crippen molar-refractivity contribution in [2.45, 2.75) is 6.18 Å². The number of aromatic amines is 1. The number of H-pyrrole nitrogens is 1. The van der Waals surface area contributed by atoms with Gasteiger partial charge in [-0.3, -0.25) is 9.89 Å². The van der Waals surface area contributed by atoms with Gasteiger partial charge in [-0.2, -0.15) is 18.3 Å². The van der Waals surface area contributed by atoms with Crippen molar-refractivity contribution in [3.63, 3.8) is 0 Å². The summed E-state index contributed by atoms with van der Waals surface area (Å²) >= 11 is 5.62. The van der Waals surface area contributed by atoms with Crippen LogP contribution in [0.5, 0.6) is 0 Å². The van der Waals surface area contributed by atoms with Gasteiger partial charge in [0.05, 0.1) is 21.5 Å². The van der Waals surface area contributed by atoms with Crippen LogP contribution < -0.4 is 11.1 Å². The van der Waals surface area contributed by atoms with Crippen LogP contribution in [0.25, 0.3) is 10.9 Å². The quantitative estimate of drug-likeness (QED) is 0.351. The van der Waals surface area contributed by atoms with Crippen LogP contribution >= 0.6 is 11.6 Å².